The van der Waals surface area contributed by atoms with E-state index in [1.807, 2.05) is 6.07 Å². The molecule has 0 aliphatic rings. The summed E-state index contributed by atoms with van der Waals surface area (Å²) in [6.45, 7) is 8.32. The van der Waals surface area contributed by atoms with E-state index < -0.39 is 11.9 Å². The van der Waals surface area contributed by atoms with Gasteiger partial charge in [-0.3, -0.25) is 9.59 Å². The van der Waals surface area contributed by atoms with Gasteiger partial charge in [-0.05, 0) is 31.4 Å². The number of hydrogen-bond donors (Lipinski definition) is 2. The summed E-state index contributed by atoms with van der Waals surface area (Å²) in [4.78, 5) is 26.6. The molecule has 0 saturated carbocycles. The van der Waals surface area contributed by atoms with E-state index in [1.165, 1.54) is 19.3 Å². The van der Waals surface area contributed by atoms with Crippen molar-refractivity contribution in [1.82, 2.24) is 0 Å². The summed E-state index contributed by atoms with van der Waals surface area (Å²) >= 11 is 0. The zero-order valence-corrected chi connectivity index (χ0v) is 19.9. The fourth-order valence-electron chi connectivity index (χ4n) is 3.84. The number of carboxylic acid groups (broad SMARTS) is 1. The summed E-state index contributed by atoms with van der Waals surface area (Å²) in [5, 5.41) is 20.1. The van der Waals surface area contributed by atoms with Crippen LogP contribution < -0.4 is 4.90 Å². The summed E-state index contributed by atoms with van der Waals surface area (Å²) in [5.41, 5.74) is 1.14. The summed E-state index contributed by atoms with van der Waals surface area (Å²) < 4.78 is 0. The van der Waals surface area contributed by atoms with Gasteiger partial charge in [0.05, 0.1) is 11.5 Å². The minimum absolute atomic E-state index is 0.0517. The zero-order valence-electron chi connectivity index (χ0n) is 19.9. The summed E-state index contributed by atoms with van der Waals surface area (Å²) in [7, 11) is 0. The molecule has 0 radical (unpaired) electrons. The summed E-state index contributed by atoms with van der Waals surface area (Å²) in [5.74, 6) is -1.97. The number of anilines is 1. The number of rotatable bonds is 18. The highest BCUT2D eigenvalue weighted by atomic mass is 16.4. The van der Waals surface area contributed by atoms with Crippen LogP contribution in [0.4, 0.5) is 5.69 Å². The SMILES string of the molecule is CCCCCCCCC(CC(=O)c1ccc(N(CCCC)CCCC)cc1O)C(=O)O. The van der Waals surface area contributed by atoms with Crippen molar-refractivity contribution in [2.24, 2.45) is 5.92 Å². The third kappa shape index (κ3) is 10.2. The first-order valence-electron chi connectivity index (χ1n) is 12.3. The van der Waals surface area contributed by atoms with E-state index >= 15 is 0 Å². The Kier molecular flexibility index (Phi) is 13.7. The number of Topliss-reactive ketones (excluding diaryl/α,β-unsaturated/α-hetero) is 1. The van der Waals surface area contributed by atoms with Gasteiger partial charge in [-0.2, -0.15) is 0 Å². The molecular formula is C26H43NO4. The second-order valence-electron chi connectivity index (χ2n) is 8.61. The molecule has 176 valence electrons. The van der Waals surface area contributed by atoms with Crippen LogP contribution in [0.1, 0.15) is 108 Å². The van der Waals surface area contributed by atoms with Crippen molar-refractivity contribution in [2.45, 2.75) is 97.8 Å². The predicted octanol–water partition coefficient (Wildman–Crippen LogP) is 6.82. The van der Waals surface area contributed by atoms with Crippen LogP contribution in [0.25, 0.3) is 0 Å². The van der Waals surface area contributed by atoms with E-state index in [9.17, 15) is 19.8 Å². The zero-order chi connectivity index (χ0) is 23.1. The smallest absolute Gasteiger partial charge is 0.306 e. The molecule has 0 aromatic heterocycles. The van der Waals surface area contributed by atoms with Crippen molar-refractivity contribution in [3.8, 4) is 5.75 Å². The highest BCUT2D eigenvalue weighted by molar-refractivity contribution is 6.00. The number of phenolic OH excluding ortho intramolecular Hbond substituents is 1. The van der Waals surface area contributed by atoms with E-state index in [0.29, 0.717) is 6.42 Å². The maximum atomic E-state index is 12.7. The van der Waals surface area contributed by atoms with Gasteiger partial charge in [0.15, 0.2) is 5.78 Å². The van der Waals surface area contributed by atoms with E-state index in [-0.39, 0.29) is 23.5 Å². The number of benzene rings is 1. The normalized spacial score (nSPS) is 12.0. The number of carbonyl (C=O) groups is 2. The number of hydrogen-bond acceptors (Lipinski definition) is 4. The third-order valence-corrected chi connectivity index (χ3v) is 5.90. The molecule has 0 amide bonds. The van der Waals surface area contributed by atoms with Gasteiger partial charge in [-0.1, -0.05) is 72.1 Å². The Bertz CT molecular complexity index is 651. The van der Waals surface area contributed by atoms with Gasteiger partial charge in [-0.15, -0.1) is 0 Å². The van der Waals surface area contributed by atoms with E-state index in [4.69, 9.17) is 0 Å². The van der Waals surface area contributed by atoms with Crippen LogP contribution in [0.2, 0.25) is 0 Å². The van der Waals surface area contributed by atoms with E-state index in [1.54, 1.807) is 12.1 Å². The van der Waals surface area contributed by atoms with Crippen molar-refractivity contribution in [1.29, 1.82) is 0 Å². The molecule has 5 nitrogen and oxygen atoms in total. The second kappa shape index (κ2) is 15.7. The molecule has 1 aromatic rings. The molecule has 1 atom stereocenters. The summed E-state index contributed by atoms with van der Waals surface area (Å²) in [6.07, 6.45) is 11.3. The Morgan fingerprint density at radius 2 is 1.45 bits per heavy atom. The van der Waals surface area contributed by atoms with E-state index in [0.717, 1.165) is 63.7 Å². The quantitative estimate of drug-likeness (QED) is 0.196. The monoisotopic (exact) mass is 433 g/mol. The topological polar surface area (TPSA) is 77.8 Å². The number of ketones is 1. The van der Waals surface area contributed by atoms with Crippen molar-refractivity contribution < 1.29 is 19.8 Å². The van der Waals surface area contributed by atoms with Gasteiger partial charge < -0.3 is 15.1 Å². The minimum Gasteiger partial charge on any atom is -0.507 e. The Hall–Kier alpha value is -2.04. The maximum Gasteiger partial charge on any atom is 0.306 e. The van der Waals surface area contributed by atoms with Crippen LogP contribution in [0.5, 0.6) is 5.75 Å². The molecule has 0 fully saturated rings. The summed E-state index contributed by atoms with van der Waals surface area (Å²) in [6, 6.07) is 5.19. The first-order chi connectivity index (χ1) is 14.9. The lowest BCUT2D eigenvalue weighted by Crippen LogP contribution is -2.25. The van der Waals surface area contributed by atoms with Crippen molar-refractivity contribution in [3.05, 3.63) is 23.8 Å². The predicted molar refractivity (Wildman–Crippen MR) is 128 cm³/mol. The molecule has 5 heteroatoms. The molecular weight excluding hydrogens is 390 g/mol. The van der Waals surface area contributed by atoms with Crippen LogP contribution in [0.15, 0.2) is 18.2 Å². The Labute approximate surface area is 188 Å². The van der Waals surface area contributed by atoms with Crippen LogP contribution in [-0.2, 0) is 4.79 Å². The fourth-order valence-corrected chi connectivity index (χ4v) is 3.84. The Morgan fingerprint density at radius 1 is 0.871 bits per heavy atom. The molecule has 0 saturated heterocycles. The molecule has 0 aliphatic carbocycles. The average molecular weight is 434 g/mol. The molecule has 0 spiro atoms. The van der Waals surface area contributed by atoms with Crippen molar-refractivity contribution >= 4 is 17.4 Å². The lowest BCUT2D eigenvalue weighted by Gasteiger charge is -2.25. The van der Waals surface area contributed by atoms with Gasteiger partial charge >= 0.3 is 5.97 Å². The Balaban J connectivity index is 2.74. The molecule has 0 bridgehead atoms. The van der Waals surface area contributed by atoms with Gasteiger partial charge in [0.1, 0.15) is 5.75 Å². The van der Waals surface area contributed by atoms with Crippen LogP contribution >= 0.6 is 0 Å². The third-order valence-electron chi connectivity index (χ3n) is 5.90. The number of phenols is 1. The lowest BCUT2D eigenvalue weighted by atomic mass is 9.92. The molecule has 31 heavy (non-hydrogen) atoms. The lowest BCUT2D eigenvalue weighted by molar-refractivity contribution is -0.141. The first kappa shape index (κ1) is 27.0. The molecule has 1 aromatic carbocycles. The second-order valence-corrected chi connectivity index (χ2v) is 8.61. The standard InChI is InChI=1S/C26H43NO4/c1-4-7-10-11-12-13-14-21(26(30)31)19-24(28)23-16-15-22(20-25(23)29)27(17-8-5-2)18-9-6-3/h15-16,20-21,29H,4-14,17-19H2,1-3H3,(H,30,31). The maximum absolute atomic E-state index is 12.7. The van der Waals surface area contributed by atoms with Gasteiger partial charge in [0.2, 0.25) is 0 Å². The molecule has 1 rings (SSSR count). The molecule has 0 heterocycles. The average Bonchev–Trinajstić information content (AvgIpc) is 2.75. The first-order valence-corrected chi connectivity index (χ1v) is 12.3. The van der Waals surface area contributed by atoms with Crippen molar-refractivity contribution in [3.63, 3.8) is 0 Å². The van der Waals surface area contributed by atoms with Crippen LogP contribution in [0.3, 0.4) is 0 Å². The highest BCUT2D eigenvalue weighted by Gasteiger charge is 2.23. The van der Waals surface area contributed by atoms with Gasteiger partial charge in [-0.25, -0.2) is 0 Å². The van der Waals surface area contributed by atoms with Crippen LogP contribution in [0, 0.1) is 5.92 Å². The van der Waals surface area contributed by atoms with Crippen LogP contribution in [-0.4, -0.2) is 35.1 Å². The number of aromatic hydroxyl groups is 1. The Morgan fingerprint density at radius 3 is 2.00 bits per heavy atom. The highest BCUT2D eigenvalue weighted by Crippen LogP contribution is 2.28. The van der Waals surface area contributed by atoms with Gasteiger partial charge in [0, 0.05) is 31.3 Å². The van der Waals surface area contributed by atoms with E-state index in [2.05, 4.69) is 25.7 Å². The molecule has 0 aliphatic heterocycles. The number of unbranched alkanes of at least 4 members (excludes halogenated alkanes) is 7. The van der Waals surface area contributed by atoms with Gasteiger partial charge in [0.25, 0.3) is 0 Å². The molecule has 1 unspecified atom stereocenters. The minimum atomic E-state index is -0.927. The molecule has 2 N–H and O–H groups in total. The van der Waals surface area contributed by atoms with Crippen molar-refractivity contribution in [2.75, 3.05) is 18.0 Å². The number of nitrogens with zero attached hydrogens (tertiary/aromatic N) is 1. The number of carboxylic acids is 1. The number of carbonyl (C=O) groups excluding carboxylic acids is 1. The number of aliphatic carboxylic acids is 1. The largest absolute Gasteiger partial charge is 0.507 e. The fraction of sp³-hybridized carbons (Fsp3) is 0.692.